The van der Waals surface area contributed by atoms with Gasteiger partial charge in [0, 0.05) is 11.3 Å². The molecule has 0 fully saturated rings. The number of hydrogen-bond acceptors (Lipinski definition) is 7. The maximum Gasteiger partial charge on any atom is 0.263 e. The molecule has 2 aromatic heterocycles. The molecule has 5 aromatic rings. The molecule has 2 heterocycles. The van der Waals surface area contributed by atoms with Crippen molar-refractivity contribution in [3.8, 4) is 17.2 Å². The van der Waals surface area contributed by atoms with Gasteiger partial charge in [0.2, 0.25) is 5.78 Å². The molecule has 0 radical (unpaired) electrons. The summed E-state index contributed by atoms with van der Waals surface area (Å²) in [5.41, 5.74) is 1.54. The standard InChI is InChI=1S/C26H24N4O4S/c1-32-19-11-13-20(14-12-19)34-15-16-35-26-28-27-25-29(17-18-7-3-6-10-23(18)33-2)24(31)21-8-4-5-9-22(21)30(25)26/h3-14H,15-17H2,1-2H3. The Morgan fingerprint density at radius 3 is 2.40 bits per heavy atom. The lowest BCUT2D eigenvalue weighted by atomic mass is 10.2. The fourth-order valence-corrected chi connectivity index (χ4v) is 4.69. The third-order valence-corrected chi connectivity index (χ3v) is 6.54. The van der Waals surface area contributed by atoms with Gasteiger partial charge in [-0.3, -0.25) is 13.8 Å². The second-order valence-electron chi connectivity index (χ2n) is 7.71. The minimum Gasteiger partial charge on any atom is -0.497 e. The van der Waals surface area contributed by atoms with Gasteiger partial charge in [0.05, 0.1) is 38.3 Å². The van der Waals surface area contributed by atoms with Gasteiger partial charge in [-0.05, 0) is 42.5 Å². The van der Waals surface area contributed by atoms with Crippen LogP contribution in [-0.2, 0) is 6.54 Å². The van der Waals surface area contributed by atoms with Crippen molar-refractivity contribution in [3.05, 3.63) is 88.7 Å². The van der Waals surface area contributed by atoms with Crippen LogP contribution in [0.1, 0.15) is 5.56 Å². The second kappa shape index (κ2) is 10.1. The van der Waals surface area contributed by atoms with Crippen LogP contribution in [0.3, 0.4) is 0 Å². The van der Waals surface area contributed by atoms with E-state index in [1.807, 2.05) is 77.2 Å². The molecule has 0 spiro atoms. The van der Waals surface area contributed by atoms with Crippen LogP contribution in [0, 0.1) is 0 Å². The predicted octanol–water partition coefficient (Wildman–Crippen LogP) is 4.28. The van der Waals surface area contributed by atoms with Crippen molar-refractivity contribution in [1.82, 2.24) is 19.2 Å². The minimum atomic E-state index is -0.120. The topological polar surface area (TPSA) is 79.9 Å². The smallest absolute Gasteiger partial charge is 0.263 e. The first kappa shape index (κ1) is 22.8. The molecule has 5 rings (SSSR count). The van der Waals surface area contributed by atoms with Crippen molar-refractivity contribution in [2.45, 2.75) is 11.7 Å². The van der Waals surface area contributed by atoms with E-state index in [0.717, 1.165) is 28.3 Å². The molecule has 0 amide bonds. The quantitative estimate of drug-likeness (QED) is 0.226. The first-order valence-corrected chi connectivity index (χ1v) is 12.1. The number of hydrogen-bond donors (Lipinski definition) is 0. The van der Waals surface area contributed by atoms with E-state index >= 15 is 0 Å². The molecular weight excluding hydrogens is 464 g/mol. The Morgan fingerprint density at radius 2 is 1.60 bits per heavy atom. The number of rotatable bonds is 9. The zero-order chi connectivity index (χ0) is 24.2. The normalized spacial score (nSPS) is 11.1. The number of ether oxygens (including phenoxy) is 3. The summed E-state index contributed by atoms with van der Waals surface area (Å²) in [5, 5.41) is 10.1. The maximum atomic E-state index is 13.4. The summed E-state index contributed by atoms with van der Waals surface area (Å²) in [4.78, 5) is 13.4. The molecule has 9 heteroatoms. The summed E-state index contributed by atoms with van der Waals surface area (Å²) >= 11 is 1.53. The molecule has 0 saturated heterocycles. The first-order chi connectivity index (χ1) is 17.2. The van der Waals surface area contributed by atoms with E-state index in [9.17, 15) is 4.79 Å². The zero-order valence-electron chi connectivity index (χ0n) is 19.4. The van der Waals surface area contributed by atoms with Gasteiger partial charge >= 0.3 is 0 Å². The number of fused-ring (bicyclic) bond motifs is 3. The average molecular weight is 489 g/mol. The van der Waals surface area contributed by atoms with Crippen molar-refractivity contribution in [1.29, 1.82) is 0 Å². The largest absolute Gasteiger partial charge is 0.497 e. The molecule has 0 aliphatic heterocycles. The molecule has 0 N–H and O–H groups in total. The van der Waals surface area contributed by atoms with Gasteiger partial charge in [-0.2, -0.15) is 0 Å². The van der Waals surface area contributed by atoms with Crippen molar-refractivity contribution in [2.75, 3.05) is 26.6 Å². The van der Waals surface area contributed by atoms with Gasteiger partial charge in [0.1, 0.15) is 17.2 Å². The molecule has 35 heavy (non-hydrogen) atoms. The Labute approximate surface area is 206 Å². The van der Waals surface area contributed by atoms with E-state index in [2.05, 4.69) is 10.2 Å². The monoisotopic (exact) mass is 488 g/mol. The highest BCUT2D eigenvalue weighted by atomic mass is 32.2. The lowest BCUT2D eigenvalue weighted by molar-refractivity contribution is 0.342. The summed E-state index contributed by atoms with van der Waals surface area (Å²) in [6.45, 7) is 0.811. The van der Waals surface area contributed by atoms with Crippen LogP contribution in [0.25, 0.3) is 16.7 Å². The summed E-state index contributed by atoms with van der Waals surface area (Å²) in [5.74, 6) is 3.42. The molecule has 0 saturated carbocycles. The van der Waals surface area contributed by atoms with Crippen LogP contribution in [-0.4, -0.2) is 45.7 Å². The maximum absolute atomic E-state index is 13.4. The summed E-state index contributed by atoms with van der Waals surface area (Å²) < 4.78 is 20.1. The molecule has 0 bridgehead atoms. The number of aromatic nitrogens is 4. The molecule has 8 nitrogen and oxygen atoms in total. The van der Waals surface area contributed by atoms with Crippen molar-refractivity contribution < 1.29 is 14.2 Å². The second-order valence-corrected chi connectivity index (χ2v) is 8.77. The predicted molar refractivity (Wildman–Crippen MR) is 136 cm³/mol. The third kappa shape index (κ3) is 4.54. The third-order valence-electron chi connectivity index (χ3n) is 5.64. The number of methoxy groups -OCH3 is 2. The molecular formula is C26H24N4O4S. The van der Waals surface area contributed by atoms with E-state index in [1.165, 1.54) is 11.8 Å². The summed E-state index contributed by atoms with van der Waals surface area (Å²) in [6, 6.07) is 22.6. The first-order valence-electron chi connectivity index (χ1n) is 11.1. The van der Waals surface area contributed by atoms with Gasteiger partial charge in [-0.25, -0.2) is 0 Å². The lowest BCUT2D eigenvalue weighted by Gasteiger charge is -2.13. The Kier molecular flexibility index (Phi) is 6.58. The number of nitrogens with zero attached hydrogens (tertiary/aromatic N) is 4. The molecule has 3 aromatic carbocycles. The van der Waals surface area contributed by atoms with Gasteiger partial charge in [-0.1, -0.05) is 42.1 Å². The van der Waals surface area contributed by atoms with E-state index in [4.69, 9.17) is 14.2 Å². The highest BCUT2D eigenvalue weighted by Crippen LogP contribution is 2.24. The average Bonchev–Trinajstić information content (AvgIpc) is 3.33. The minimum absolute atomic E-state index is 0.120. The molecule has 178 valence electrons. The Bertz CT molecular complexity index is 1530. The summed E-state index contributed by atoms with van der Waals surface area (Å²) in [7, 11) is 3.26. The zero-order valence-corrected chi connectivity index (χ0v) is 20.2. The van der Waals surface area contributed by atoms with Crippen LogP contribution in [0.15, 0.2) is 82.7 Å². The number of benzene rings is 3. The summed E-state index contributed by atoms with van der Waals surface area (Å²) in [6.07, 6.45) is 0. The van der Waals surface area contributed by atoms with E-state index < -0.39 is 0 Å². The van der Waals surface area contributed by atoms with Crippen LogP contribution in [0.4, 0.5) is 0 Å². The fourth-order valence-electron chi connectivity index (χ4n) is 3.94. The van der Waals surface area contributed by atoms with Gasteiger partial charge in [0.15, 0.2) is 5.16 Å². The van der Waals surface area contributed by atoms with E-state index in [-0.39, 0.29) is 5.56 Å². The van der Waals surface area contributed by atoms with Crippen molar-refractivity contribution >= 4 is 28.4 Å². The molecule has 0 aliphatic carbocycles. The fraction of sp³-hybridized carbons (Fsp3) is 0.192. The van der Waals surface area contributed by atoms with E-state index in [0.29, 0.717) is 35.2 Å². The van der Waals surface area contributed by atoms with Crippen LogP contribution in [0.2, 0.25) is 0 Å². The SMILES string of the molecule is COc1ccc(OCCSc2nnc3n(Cc4ccccc4OC)c(=O)c4ccccc4n23)cc1. The van der Waals surface area contributed by atoms with Crippen LogP contribution < -0.4 is 19.8 Å². The Morgan fingerprint density at radius 1 is 0.857 bits per heavy atom. The van der Waals surface area contributed by atoms with Crippen LogP contribution >= 0.6 is 11.8 Å². The number of para-hydroxylation sites is 2. The van der Waals surface area contributed by atoms with Crippen molar-refractivity contribution in [2.24, 2.45) is 0 Å². The van der Waals surface area contributed by atoms with Gasteiger partial charge in [-0.15, -0.1) is 10.2 Å². The van der Waals surface area contributed by atoms with E-state index in [1.54, 1.807) is 18.8 Å². The van der Waals surface area contributed by atoms with Crippen molar-refractivity contribution in [3.63, 3.8) is 0 Å². The van der Waals surface area contributed by atoms with Gasteiger partial charge in [0.25, 0.3) is 5.56 Å². The highest BCUT2D eigenvalue weighted by Gasteiger charge is 2.18. The Balaban J connectivity index is 1.45. The molecule has 0 unspecified atom stereocenters. The Hall–Kier alpha value is -3.98. The molecule has 0 atom stereocenters. The molecule has 0 aliphatic rings. The lowest BCUT2D eigenvalue weighted by Crippen LogP contribution is -2.24. The van der Waals surface area contributed by atoms with Crippen LogP contribution in [0.5, 0.6) is 17.2 Å². The van der Waals surface area contributed by atoms with Gasteiger partial charge < -0.3 is 14.2 Å². The number of thioether (sulfide) groups is 1. The highest BCUT2D eigenvalue weighted by molar-refractivity contribution is 7.99.